The van der Waals surface area contributed by atoms with Crippen LogP contribution in [0.5, 0.6) is 0 Å². The fourth-order valence-electron chi connectivity index (χ4n) is 4.45. The molecule has 0 bridgehead atoms. The molecular weight excluding hydrogens is 368 g/mol. The molecule has 0 aromatic heterocycles. The third-order valence-electron chi connectivity index (χ3n) is 5.22. The monoisotopic (exact) mass is 402 g/mol. The molecule has 0 rings (SSSR count). The Morgan fingerprint density at radius 2 is 1.04 bits per heavy atom. The van der Waals surface area contributed by atoms with E-state index in [-0.39, 0.29) is 24.7 Å². The SMILES string of the molecule is CC(=O)C(CC(C)C)(C(=O)O)C(O)(C(=O)O)C(CC(C)C)(CC(C)C)C(=O)O. The van der Waals surface area contributed by atoms with Crippen molar-refractivity contribution in [3.8, 4) is 0 Å². The normalized spacial score (nSPS) is 16.7. The first kappa shape index (κ1) is 26.0. The van der Waals surface area contributed by atoms with E-state index in [2.05, 4.69) is 0 Å². The zero-order valence-electron chi connectivity index (χ0n) is 17.8. The number of aliphatic hydroxyl groups is 1. The second-order valence-electron chi connectivity index (χ2n) is 8.96. The maximum Gasteiger partial charge on any atom is 0.338 e. The van der Waals surface area contributed by atoms with Crippen LogP contribution in [0.4, 0.5) is 0 Å². The van der Waals surface area contributed by atoms with Crippen LogP contribution in [0.3, 0.4) is 0 Å². The molecule has 8 heteroatoms. The summed E-state index contributed by atoms with van der Waals surface area (Å²) in [6.45, 7) is 10.7. The summed E-state index contributed by atoms with van der Waals surface area (Å²) in [6.07, 6.45) is -1.11. The van der Waals surface area contributed by atoms with Gasteiger partial charge in [-0.25, -0.2) is 4.79 Å². The second-order valence-corrected chi connectivity index (χ2v) is 8.96. The first-order valence-corrected chi connectivity index (χ1v) is 9.46. The van der Waals surface area contributed by atoms with Crippen LogP contribution in [0.2, 0.25) is 0 Å². The zero-order valence-corrected chi connectivity index (χ0v) is 17.8. The Hall–Kier alpha value is -1.96. The van der Waals surface area contributed by atoms with Crippen LogP contribution in [0.15, 0.2) is 0 Å². The lowest BCUT2D eigenvalue weighted by Gasteiger charge is -2.51. The number of ketones is 1. The Kier molecular flexibility index (Phi) is 8.39. The fourth-order valence-corrected chi connectivity index (χ4v) is 4.45. The highest BCUT2D eigenvalue weighted by atomic mass is 16.4. The van der Waals surface area contributed by atoms with Crippen molar-refractivity contribution >= 4 is 23.7 Å². The molecule has 28 heavy (non-hydrogen) atoms. The van der Waals surface area contributed by atoms with Gasteiger partial charge in [0.15, 0.2) is 11.2 Å². The van der Waals surface area contributed by atoms with Crippen molar-refractivity contribution in [1.82, 2.24) is 0 Å². The van der Waals surface area contributed by atoms with Gasteiger partial charge in [0, 0.05) is 0 Å². The average Bonchev–Trinajstić information content (AvgIpc) is 2.48. The van der Waals surface area contributed by atoms with Crippen molar-refractivity contribution in [3.05, 3.63) is 0 Å². The average molecular weight is 402 g/mol. The number of hydrogen-bond acceptors (Lipinski definition) is 5. The van der Waals surface area contributed by atoms with Crippen LogP contribution in [0.1, 0.15) is 67.7 Å². The predicted octanol–water partition coefficient (Wildman–Crippen LogP) is 2.67. The summed E-state index contributed by atoms with van der Waals surface area (Å²) in [5, 5.41) is 41.8. The van der Waals surface area contributed by atoms with E-state index in [0.29, 0.717) is 0 Å². The molecule has 162 valence electrons. The molecular formula is C20H34O8. The molecule has 0 aromatic carbocycles. The van der Waals surface area contributed by atoms with E-state index in [0.717, 1.165) is 6.92 Å². The molecule has 0 aliphatic rings. The van der Waals surface area contributed by atoms with Gasteiger partial charge in [0.2, 0.25) is 5.60 Å². The van der Waals surface area contributed by atoms with E-state index in [9.17, 15) is 39.6 Å². The number of hydrogen-bond donors (Lipinski definition) is 4. The van der Waals surface area contributed by atoms with Gasteiger partial charge in [-0.1, -0.05) is 41.5 Å². The molecule has 4 N–H and O–H groups in total. The van der Waals surface area contributed by atoms with E-state index in [4.69, 9.17) is 0 Å². The number of rotatable bonds is 12. The lowest BCUT2D eigenvalue weighted by Crippen LogP contribution is -2.72. The fraction of sp³-hybridized carbons (Fsp3) is 0.800. The van der Waals surface area contributed by atoms with Gasteiger partial charge in [-0.05, 0) is 43.9 Å². The minimum atomic E-state index is -3.34. The van der Waals surface area contributed by atoms with Crippen molar-refractivity contribution in [2.24, 2.45) is 28.6 Å². The van der Waals surface area contributed by atoms with Crippen molar-refractivity contribution in [2.45, 2.75) is 73.3 Å². The summed E-state index contributed by atoms with van der Waals surface area (Å²) in [5.41, 5.74) is -8.53. The van der Waals surface area contributed by atoms with E-state index in [1.807, 2.05) is 0 Å². The summed E-state index contributed by atoms with van der Waals surface area (Å²) in [6, 6.07) is 0. The second kappa shape index (κ2) is 9.03. The minimum absolute atomic E-state index is 0.302. The largest absolute Gasteiger partial charge is 0.481 e. The molecule has 0 saturated carbocycles. The molecule has 0 saturated heterocycles. The van der Waals surface area contributed by atoms with Crippen LogP contribution in [0, 0.1) is 28.6 Å². The molecule has 0 aromatic rings. The zero-order chi connectivity index (χ0) is 22.7. The summed E-state index contributed by atoms with van der Waals surface area (Å²) >= 11 is 0. The highest BCUT2D eigenvalue weighted by molar-refractivity contribution is 6.10. The van der Waals surface area contributed by atoms with Crippen LogP contribution in [0.25, 0.3) is 0 Å². The lowest BCUT2D eigenvalue weighted by atomic mass is 9.50. The summed E-state index contributed by atoms with van der Waals surface area (Å²) in [5.74, 6) is -7.81. The van der Waals surface area contributed by atoms with Crippen LogP contribution < -0.4 is 0 Å². The standard InChI is InChI=1S/C20H34O8/c1-11(2)8-18(15(22)23,9-12(3)4)20(28,17(26)27)19(14(7)21,16(24)25)10-13(5)6/h11-13,28H,8-10H2,1-7H3,(H,22,23)(H,24,25)(H,26,27). The highest BCUT2D eigenvalue weighted by Crippen LogP contribution is 2.55. The molecule has 2 unspecified atom stereocenters. The van der Waals surface area contributed by atoms with Crippen LogP contribution >= 0.6 is 0 Å². The first-order chi connectivity index (χ1) is 12.5. The van der Waals surface area contributed by atoms with Gasteiger partial charge in [0.25, 0.3) is 0 Å². The summed E-state index contributed by atoms with van der Waals surface area (Å²) in [4.78, 5) is 49.9. The number of carboxylic acids is 3. The van der Waals surface area contributed by atoms with Crippen molar-refractivity contribution in [1.29, 1.82) is 0 Å². The van der Waals surface area contributed by atoms with E-state index < -0.39 is 52.5 Å². The highest BCUT2D eigenvalue weighted by Gasteiger charge is 2.75. The number of aliphatic carboxylic acids is 3. The van der Waals surface area contributed by atoms with Gasteiger partial charge < -0.3 is 20.4 Å². The van der Waals surface area contributed by atoms with Crippen molar-refractivity contribution in [2.75, 3.05) is 0 Å². The van der Waals surface area contributed by atoms with Gasteiger partial charge in [0.1, 0.15) is 5.41 Å². The lowest BCUT2D eigenvalue weighted by molar-refractivity contribution is -0.226. The quantitative estimate of drug-likeness (QED) is 0.364. The maximum absolute atomic E-state index is 12.6. The van der Waals surface area contributed by atoms with Crippen LogP contribution in [-0.4, -0.2) is 49.7 Å². The molecule has 0 spiro atoms. The summed E-state index contributed by atoms with van der Waals surface area (Å²) in [7, 11) is 0. The molecule has 2 atom stereocenters. The van der Waals surface area contributed by atoms with Gasteiger partial charge in [-0.2, -0.15) is 0 Å². The van der Waals surface area contributed by atoms with E-state index >= 15 is 0 Å². The topological polar surface area (TPSA) is 149 Å². The molecule has 0 amide bonds. The van der Waals surface area contributed by atoms with Gasteiger partial charge in [-0.15, -0.1) is 0 Å². The Bertz CT molecular complexity index is 596. The third kappa shape index (κ3) is 4.21. The van der Waals surface area contributed by atoms with Gasteiger partial charge in [0.05, 0.1) is 0 Å². The molecule has 8 nitrogen and oxygen atoms in total. The van der Waals surface area contributed by atoms with Gasteiger partial charge >= 0.3 is 17.9 Å². The van der Waals surface area contributed by atoms with Crippen LogP contribution in [-0.2, 0) is 19.2 Å². The number of carbonyl (C=O) groups is 4. The Labute approximate surface area is 165 Å². The molecule has 0 radical (unpaired) electrons. The Morgan fingerprint density at radius 3 is 1.21 bits per heavy atom. The predicted molar refractivity (Wildman–Crippen MR) is 102 cm³/mol. The third-order valence-corrected chi connectivity index (χ3v) is 5.22. The molecule has 0 fully saturated rings. The smallest absolute Gasteiger partial charge is 0.338 e. The van der Waals surface area contributed by atoms with E-state index in [1.165, 1.54) is 0 Å². The van der Waals surface area contributed by atoms with Crippen molar-refractivity contribution < 1.29 is 39.6 Å². The molecule has 0 aliphatic carbocycles. The summed E-state index contributed by atoms with van der Waals surface area (Å²) < 4.78 is 0. The molecule has 0 aliphatic heterocycles. The first-order valence-electron chi connectivity index (χ1n) is 9.46. The maximum atomic E-state index is 12.6. The Balaban J connectivity index is 7.48. The van der Waals surface area contributed by atoms with Crippen molar-refractivity contribution in [3.63, 3.8) is 0 Å². The van der Waals surface area contributed by atoms with Gasteiger partial charge in [-0.3, -0.25) is 14.4 Å². The minimum Gasteiger partial charge on any atom is -0.481 e. The number of carbonyl (C=O) groups excluding carboxylic acids is 1. The Morgan fingerprint density at radius 1 is 0.679 bits per heavy atom. The molecule has 0 heterocycles. The van der Waals surface area contributed by atoms with E-state index in [1.54, 1.807) is 41.5 Å². The number of Topliss-reactive ketones (excluding diaryl/α,β-unsaturated/α-hetero) is 1. The number of carboxylic acid groups (broad SMARTS) is 3.